The van der Waals surface area contributed by atoms with E-state index >= 15 is 0 Å². The Kier molecular flexibility index (Phi) is 4.92. The standard InChI is InChI=1S/C27H29N3O4/c1-27-25-24(19-10-3-5-11-21(19)28-25)20(18-9-4-6-12-22(18)33-2)15-30(27)23(31)16-29(26(27)32)14-17-8-7-13-34-17/h3-6,9-12,17,20,28H,7-8,13-16H2,1-2H3/t17?,20?,27-/m0/s1. The molecule has 0 aliphatic carbocycles. The first kappa shape index (κ1) is 21.2. The highest BCUT2D eigenvalue weighted by atomic mass is 16.5. The largest absolute Gasteiger partial charge is 0.496 e. The lowest BCUT2D eigenvalue weighted by Gasteiger charge is -2.51. The van der Waals surface area contributed by atoms with Crippen molar-refractivity contribution in [1.82, 2.24) is 14.8 Å². The average Bonchev–Trinajstić information content (AvgIpc) is 3.51. The van der Waals surface area contributed by atoms with Gasteiger partial charge in [-0.15, -0.1) is 0 Å². The number of fused-ring (bicyclic) bond motifs is 5. The zero-order chi connectivity index (χ0) is 23.4. The van der Waals surface area contributed by atoms with Crippen LogP contribution < -0.4 is 4.74 Å². The van der Waals surface area contributed by atoms with Crippen LogP contribution in [0.1, 0.15) is 42.5 Å². The van der Waals surface area contributed by atoms with E-state index in [9.17, 15) is 9.59 Å². The third-order valence-corrected chi connectivity index (χ3v) is 7.78. The fraction of sp³-hybridized carbons (Fsp3) is 0.407. The van der Waals surface area contributed by atoms with Crippen molar-refractivity contribution in [2.45, 2.75) is 37.3 Å². The first-order chi connectivity index (χ1) is 16.5. The predicted molar refractivity (Wildman–Crippen MR) is 128 cm³/mol. The summed E-state index contributed by atoms with van der Waals surface area (Å²) in [6.07, 6.45) is 1.92. The Hall–Kier alpha value is -3.32. The van der Waals surface area contributed by atoms with Crippen LogP contribution in [0.2, 0.25) is 0 Å². The number of carbonyl (C=O) groups excluding carboxylic acids is 2. The molecule has 3 aromatic rings. The van der Waals surface area contributed by atoms with E-state index < -0.39 is 5.54 Å². The number of H-pyrrole nitrogens is 1. The molecule has 3 atom stereocenters. The summed E-state index contributed by atoms with van der Waals surface area (Å²) in [6, 6.07) is 16.1. The van der Waals surface area contributed by atoms with Crippen LogP contribution in [0, 0.1) is 0 Å². The Labute approximate surface area is 198 Å². The van der Waals surface area contributed by atoms with Crippen LogP contribution in [0.25, 0.3) is 10.9 Å². The van der Waals surface area contributed by atoms with E-state index in [4.69, 9.17) is 9.47 Å². The number of rotatable bonds is 4. The number of ether oxygens (including phenoxy) is 2. The number of para-hydroxylation sites is 2. The van der Waals surface area contributed by atoms with E-state index in [2.05, 4.69) is 17.1 Å². The molecule has 7 heteroatoms. The number of methoxy groups -OCH3 is 1. The molecule has 0 radical (unpaired) electrons. The molecule has 0 spiro atoms. The Morgan fingerprint density at radius 2 is 1.94 bits per heavy atom. The summed E-state index contributed by atoms with van der Waals surface area (Å²) >= 11 is 0. The molecule has 4 heterocycles. The Morgan fingerprint density at radius 1 is 1.15 bits per heavy atom. The Balaban J connectivity index is 1.52. The highest BCUT2D eigenvalue weighted by molar-refractivity contribution is 6.01. The average molecular weight is 460 g/mol. The number of aromatic amines is 1. The van der Waals surface area contributed by atoms with Gasteiger partial charge in [-0.3, -0.25) is 9.59 Å². The summed E-state index contributed by atoms with van der Waals surface area (Å²) in [5.74, 6) is 0.582. The van der Waals surface area contributed by atoms with Crippen molar-refractivity contribution in [2.75, 3.05) is 33.4 Å². The third-order valence-electron chi connectivity index (χ3n) is 7.78. The van der Waals surface area contributed by atoms with E-state index in [-0.39, 0.29) is 30.4 Å². The molecule has 1 N–H and O–H groups in total. The summed E-state index contributed by atoms with van der Waals surface area (Å²) in [5.41, 5.74) is 2.75. The second-order valence-corrected chi connectivity index (χ2v) is 9.65. The van der Waals surface area contributed by atoms with Crippen LogP contribution in [0.3, 0.4) is 0 Å². The Morgan fingerprint density at radius 3 is 2.74 bits per heavy atom. The van der Waals surface area contributed by atoms with Crippen molar-refractivity contribution in [3.8, 4) is 5.75 Å². The van der Waals surface area contributed by atoms with Gasteiger partial charge in [0, 0.05) is 42.1 Å². The molecule has 2 saturated heterocycles. The summed E-state index contributed by atoms with van der Waals surface area (Å²) in [4.78, 5) is 34.6. The van der Waals surface area contributed by atoms with Gasteiger partial charge >= 0.3 is 0 Å². The predicted octanol–water partition coefficient (Wildman–Crippen LogP) is 3.39. The van der Waals surface area contributed by atoms with Crippen molar-refractivity contribution in [3.05, 3.63) is 65.4 Å². The van der Waals surface area contributed by atoms with Crippen LogP contribution in [-0.4, -0.2) is 66.1 Å². The minimum atomic E-state index is -1.10. The fourth-order valence-corrected chi connectivity index (χ4v) is 6.09. The van der Waals surface area contributed by atoms with E-state index in [0.717, 1.165) is 52.9 Å². The van der Waals surface area contributed by atoms with Gasteiger partial charge in [-0.25, -0.2) is 0 Å². The highest BCUT2D eigenvalue weighted by Crippen LogP contribution is 2.49. The number of nitrogens with zero attached hydrogens (tertiary/aromatic N) is 2. The minimum Gasteiger partial charge on any atom is -0.496 e. The number of carbonyl (C=O) groups is 2. The molecule has 2 unspecified atom stereocenters. The van der Waals surface area contributed by atoms with E-state index in [0.29, 0.717) is 13.1 Å². The quantitative estimate of drug-likeness (QED) is 0.649. The van der Waals surface area contributed by atoms with Crippen LogP contribution in [0.5, 0.6) is 5.75 Å². The maximum Gasteiger partial charge on any atom is 0.255 e. The number of piperazine rings is 1. The molecule has 34 heavy (non-hydrogen) atoms. The molecule has 1 aromatic heterocycles. The summed E-state index contributed by atoms with van der Waals surface area (Å²) < 4.78 is 11.5. The molecule has 6 rings (SSSR count). The van der Waals surface area contributed by atoms with Gasteiger partial charge in [-0.1, -0.05) is 36.4 Å². The topological polar surface area (TPSA) is 74.9 Å². The number of aromatic nitrogens is 1. The lowest BCUT2D eigenvalue weighted by atomic mass is 9.76. The van der Waals surface area contributed by atoms with Crippen molar-refractivity contribution in [3.63, 3.8) is 0 Å². The number of nitrogens with one attached hydrogen (secondary N) is 1. The first-order valence-electron chi connectivity index (χ1n) is 12.0. The summed E-state index contributed by atoms with van der Waals surface area (Å²) in [7, 11) is 1.67. The van der Waals surface area contributed by atoms with Gasteiger partial charge in [0.15, 0.2) is 5.54 Å². The van der Waals surface area contributed by atoms with Gasteiger partial charge in [0.1, 0.15) is 5.75 Å². The van der Waals surface area contributed by atoms with Gasteiger partial charge in [0.25, 0.3) is 5.91 Å². The molecule has 2 aromatic carbocycles. The zero-order valence-electron chi connectivity index (χ0n) is 19.5. The zero-order valence-corrected chi connectivity index (χ0v) is 19.5. The fourth-order valence-electron chi connectivity index (χ4n) is 6.09. The monoisotopic (exact) mass is 459 g/mol. The molecule has 0 saturated carbocycles. The first-order valence-corrected chi connectivity index (χ1v) is 12.0. The second kappa shape index (κ2) is 7.87. The van der Waals surface area contributed by atoms with E-state index in [1.54, 1.807) is 16.9 Å². The molecule has 7 nitrogen and oxygen atoms in total. The van der Waals surface area contributed by atoms with Crippen LogP contribution in [0.15, 0.2) is 48.5 Å². The molecule has 3 aliphatic heterocycles. The van der Waals surface area contributed by atoms with Gasteiger partial charge in [0.05, 0.1) is 25.5 Å². The highest BCUT2D eigenvalue weighted by Gasteiger charge is 2.56. The minimum absolute atomic E-state index is 0.000923. The van der Waals surface area contributed by atoms with E-state index in [1.807, 2.05) is 43.3 Å². The summed E-state index contributed by atoms with van der Waals surface area (Å²) in [6.45, 7) is 3.57. The van der Waals surface area contributed by atoms with Gasteiger partial charge in [-0.2, -0.15) is 0 Å². The van der Waals surface area contributed by atoms with Crippen molar-refractivity contribution >= 4 is 22.7 Å². The molecular formula is C27H29N3O4. The van der Waals surface area contributed by atoms with E-state index in [1.165, 1.54) is 0 Å². The molecular weight excluding hydrogens is 430 g/mol. The number of hydrogen-bond acceptors (Lipinski definition) is 4. The number of benzene rings is 2. The lowest BCUT2D eigenvalue weighted by molar-refractivity contribution is -0.167. The maximum atomic E-state index is 14.1. The molecule has 2 amide bonds. The normalized spacial score (nSPS) is 26.6. The van der Waals surface area contributed by atoms with Crippen LogP contribution in [0.4, 0.5) is 0 Å². The van der Waals surface area contributed by atoms with Gasteiger partial charge in [-0.05, 0) is 37.5 Å². The number of hydrogen-bond donors (Lipinski definition) is 1. The van der Waals surface area contributed by atoms with Gasteiger partial charge in [0.2, 0.25) is 5.91 Å². The third kappa shape index (κ3) is 2.99. The lowest BCUT2D eigenvalue weighted by Crippen LogP contribution is -2.68. The molecule has 176 valence electrons. The van der Waals surface area contributed by atoms with Crippen molar-refractivity contribution in [2.24, 2.45) is 0 Å². The van der Waals surface area contributed by atoms with Crippen molar-refractivity contribution < 1.29 is 19.1 Å². The molecule has 2 fully saturated rings. The van der Waals surface area contributed by atoms with Crippen LogP contribution in [-0.2, 0) is 19.9 Å². The smallest absolute Gasteiger partial charge is 0.255 e. The summed E-state index contributed by atoms with van der Waals surface area (Å²) in [5, 5.41) is 1.07. The number of amides is 2. The second-order valence-electron chi connectivity index (χ2n) is 9.65. The maximum absolute atomic E-state index is 14.1. The van der Waals surface area contributed by atoms with Crippen molar-refractivity contribution in [1.29, 1.82) is 0 Å². The SMILES string of the molecule is COc1ccccc1C1CN2C(=O)CN(CC3CCCO3)C(=O)[C@]2(C)c2[nH]c3ccccc3c21. The van der Waals surface area contributed by atoms with Gasteiger partial charge < -0.3 is 24.3 Å². The van der Waals surface area contributed by atoms with Crippen LogP contribution >= 0.6 is 0 Å². The Bertz CT molecular complexity index is 1280. The molecule has 0 bridgehead atoms. The molecule has 3 aliphatic rings.